The third-order valence-electron chi connectivity index (χ3n) is 2.31. The second kappa shape index (κ2) is 5.95. The lowest BCUT2D eigenvalue weighted by molar-refractivity contribution is -0.137. The Labute approximate surface area is 110 Å². The molecule has 1 heterocycles. The van der Waals surface area contributed by atoms with Gasteiger partial charge in [0.05, 0.1) is 5.69 Å². The fourth-order valence-electron chi connectivity index (χ4n) is 1.26. The van der Waals surface area contributed by atoms with Gasteiger partial charge in [0.15, 0.2) is 5.13 Å². The van der Waals surface area contributed by atoms with Crippen molar-refractivity contribution in [2.45, 2.75) is 45.4 Å². The minimum absolute atomic E-state index is 0.0124. The van der Waals surface area contributed by atoms with E-state index in [1.165, 1.54) is 11.3 Å². The van der Waals surface area contributed by atoms with Crippen molar-refractivity contribution in [2.24, 2.45) is 0 Å². The Morgan fingerprint density at radius 2 is 2.06 bits per heavy atom. The molecule has 1 rings (SSSR count). The van der Waals surface area contributed by atoms with Crippen molar-refractivity contribution in [1.29, 1.82) is 0 Å². The molecule has 1 aromatic rings. The molecule has 2 N–H and O–H groups in total. The van der Waals surface area contributed by atoms with Crippen LogP contribution >= 0.6 is 11.3 Å². The number of amides is 1. The first-order chi connectivity index (χ1) is 8.29. The standard InChI is InChI=1S/C12H18N2O3S/c1-12(2,3)8-7-18-11(13-8)14-9(15)5-4-6-10(16)17/h7H,4-6H2,1-3H3,(H,16,17)(H,13,14,15). The van der Waals surface area contributed by atoms with Gasteiger partial charge >= 0.3 is 5.97 Å². The van der Waals surface area contributed by atoms with Crippen molar-refractivity contribution in [3.63, 3.8) is 0 Å². The minimum atomic E-state index is -0.882. The molecule has 0 saturated heterocycles. The molecule has 0 fully saturated rings. The fourth-order valence-corrected chi connectivity index (χ4v) is 2.21. The van der Waals surface area contributed by atoms with Gasteiger partial charge in [0, 0.05) is 23.6 Å². The zero-order chi connectivity index (χ0) is 13.8. The number of thiazole rings is 1. The first-order valence-electron chi connectivity index (χ1n) is 5.76. The number of carbonyl (C=O) groups excluding carboxylic acids is 1. The summed E-state index contributed by atoms with van der Waals surface area (Å²) in [7, 11) is 0. The van der Waals surface area contributed by atoms with Crippen LogP contribution in [0.2, 0.25) is 0 Å². The number of carboxylic acids is 1. The summed E-state index contributed by atoms with van der Waals surface area (Å²) in [5.41, 5.74) is 0.899. The van der Waals surface area contributed by atoms with E-state index >= 15 is 0 Å². The van der Waals surface area contributed by atoms with Gasteiger partial charge < -0.3 is 10.4 Å². The Bertz CT molecular complexity index is 435. The van der Waals surface area contributed by atoms with E-state index in [2.05, 4.69) is 31.1 Å². The van der Waals surface area contributed by atoms with Gasteiger partial charge in [-0.25, -0.2) is 4.98 Å². The van der Waals surface area contributed by atoms with Crippen molar-refractivity contribution < 1.29 is 14.7 Å². The molecular weight excluding hydrogens is 252 g/mol. The van der Waals surface area contributed by atoms with Crippen LogP contribution in [0.1, 0.15) is 45.7 Å². The average Bonchev–Trinajstić information content (AvgIpc) is 2.64. The highest BCUT2D eigenvalue weighted by atomic mass is 32.1. The molecule has 0 aliphatic heterocycles. The van der Waals surface area contributed by atoms with Gasteiger partial charge in [-0.05, 0) is 6.42 Å². The van der Waals surface area contributed by atoms with Crippen molar-refractivity contribution in [3.05, 3.63) is 11.1 Å². The lowest BCUT2D eigenvalue weighted by Crippen LogP contribution is -2.14. The third-order valence-corrected chi connectivity index (χ3v) is 3.07. The van der Waals surface area contributed by atoms with E-state index in [0.29, 0.717) is 11.6 Å². The lowest BCUT2D eigenvalue weighted by atomic mass is 9.93. The number of aliphatic carboxylic acids is 1. The molecule has 100 valence electrons. The Morgan fingerprint density at radius 3 is 2.56 bits per heavy atom. The number of hydrogen-bond donors (Lipinski definition) is 2. The molecule has 6 heteroatoms. The number of nitrogens with zero attached hydrogens (tertiary/aromatic N) is 1. The average molecular weight is 270 g/mol. The second-order valence-corrected chi connectivity index (χ2v) is 5.94. The van der Waals surface area contributed by atoms with E-state index < -0.39 is 5.97 Å². The summed E-state index contributed by atoms with van der Waals surface area (Å²) >= 11 is 1.39. The number of carboxylic acid groups (broad SMARTS) is 1. The van der Waals surface area contributed by atoms with Crippen LogP contribution in [-0.4, -0.2) is 22.0 Å². The summed E-state index contributed by atoms with van der Waals surface area (Å²) in [6.45, 7) is 6.17. The maximum atomic E-state index is 11.5. The van der Waals surface area contributed by atoms with Crippen LogP contribution in [0, 0.1) is 0 Å². The summed E-state index contributed by atoms with van der Waals surface area (Å²) in [4.78, 5) is 26.2. The van der Waals surface area contributed by atoms with Crippen molar-refractivity contribution >= 4 is 28.3 Å². The van der Waals surface area contributed by atoms with Crippen molar-refractivity contribution in [3.8, 4) is 0 Å². The zero-order valence-electron chi connectivity index (χ0n) is 10.8. The molecule has 0 saturated carbocycles. The summed E-state index contributed by atoms with van der Waals surface area (Å²) in [5.74, 6) is -1.07. The number of hydrogen-bond acceptors (Lipinski definition) is 4. The summed E-state index contributed by atoms with van der Waals surface area (Å²) in [5, 5.41) is 13.6. The van der Waals surface area contributed by atoms with E-state index in [1.54, 1.807) is 0 Å². The summed E-state index contributed by atoms with van der Waals surface area (Å²) < 4.78 is 0. The molecule has 18 heavy (non-hydrogen) atoms. The molecule has 0 radical (unpaired) electrons. The van der Waals surface area contributed by atoms with E-state index in [4.69, 9.17) is 5.11 Å². The van der Waals surface area contributed by atoms with Crippen molar-refractivity contribution in [1.82, 2.24) is 4.98 Å². The van der Waals surface area contributed by atoms with E-state index in [-0.39, 0.29) is 24.2 Å². The molecule has 5 nitrogen and oxygen atoms in total. The van der Waals surface area contributed by atoms with Gasteiger partial charge in [-0.2, -0.15) is 0 Å². The summed E-state index contributed by atoms with van der Waals surface area (Å²) in [6, 6.07) is 0. The van der Waals surface area contributed by atoms with Crippen LogP contribution in [0.3, 0.4) is 0 Å². The van der Waals surface area contributed by atoms with Gasteiger partial charge in [-0.3, -0.25) is 9.59 Å². The number of carbonyl (C=O) groups is 2. The van der Waals surface area contributed by atoms with Crippen LogP contribution in [0.25, 0.3) is 0 Å². The SMILES string of the molecule is CC(C)(C)c1csc(NC(=O)CCCC(=O)O)n1. The molecule has 0 unspecified atom stereocenters. The molecule has 1 aromatic heterocycles. The second-order valence-electron chi connectivity index (χ2n) is 5.08. The first-order valence-corrected chi connectivity index (χ1v) is 6.64. The smallest absolute Gasteiger partial charge is 0.303 e. The molecule has 0 spiro atoms. The summed E-state index contributed by atoms with van der Waals surface area (Å²) in [6.07, 6.45) is 0.563. The number of aromatic nitrogens is 1. The highest BCUT2D eigenvalue weighted by Gasteiger charge is 2.18. The van der Waals surface area contributed by atoms with Crippen LogP contribution in [0.5, 0.6) is 0 Å². The minimum Gasteiger partial charge on any atom is -0.481 e. The van der Waals surface area contributed by atoms with E-state index in [1.807, 2.05) is 5.38 Å². The Hall–Kier alpha value is -1.43. The molecule has 0 aliphatic carbocycles. The molecule has 0 aliphatic rings. The fraction of sp³-hybridized carbons (Fsp3) is 0.583. The molecule has 1 amide bonds. The number of nitrogens with one attached hydrogen (secondary N) is 1. The van der Waals surface area contributed by atoms with Crippen LogP contribution in [-0.2, 0) is 15.0 Å². The number of rotatable bonds is 5. The molecular formula is C12H18N2O3S. The first kappa shape index (κ1) is 14.6. The monoisotopic (exact) mass is 270 g/mol. The number of anilines is 1. The molecule has 0 atom stereocenters. The lowest BCUT2D eigenvalue weighted by Gasteiger charge is -2.14. The third kappa shape index (κ3) is 4.83. The largest absolute Gasteiger partial charge is 0.481 e. The highest BCUT2D eigenvalue weighted by molar-refractivity contribution is 7.13. The Balaban J connectivity index is 2.45. The van der Waals surface area contributed by atoms with E-state index in [0.717, 1.165) is 5.69 Å². The normalized spacial score (nSPS) is 11.3. The Kier molecular flexibility index (Phi) is 4.84. The van der Waals surface area contributed by atoms with Crippen LogP contribution < -0.4 is 5.32 Å². The van der Waals surface area contributed by atoms with Gasteiger partial charge in [-0.1, -0.05) is 20.8 Å². The maximum absolute atomic E-state index is 11.5. The predicted molar refractivity (Wildman–Crippen MR) is 70.9 cm³/mol. The van der Waals surface area contributed by atoms with Crippen LogP contribution in [0.4, 0.5) is 5.13 Å². The quantitative estimate of drug-likeness (QED) is 0.862. The zero-order valence-corrected chi connectivity index (χ0v) is 11.6. The predicted octanol–water partition coefficient (Wildman–Crippen LogP) is 2.63. The van der Waals surface area contributed by atoms with Gasteiger partial charge in [0.1, 0.15) is 0 Å². The molecule has 0 aromatic carbocycles. The van der Waals surface area contributed by atoms with Gasteiger partial charge in [-0.15, -0.1) is 11.3 Å². The van der Waals surface area contributed by atoms with Gasteiger partial charge in [0.2, 0.25) is 5.91 Å². The van der Waals surface area contributed by atoms with Crippen molar-refractivity contribution in [2.75, 3.05) is 5.32 Å². The van der Waals surface area contributed by atoms with Gasteiger partial charge in [0.25, 0.3) is 0 Å². The Morgan fingerprint density at radius 1 is 1.39 bits per heavy atom. The highest BCUT2D eigenvalue weighted by Crippen LogP contribution is 2.26. The van der Waals surface area contributed by atoms with Crippen LogP contribution in [0.15, 0.2) is 5.38 Å². The molecule has 0 bridgehead atoms. The maximum Gasteiger partial charge on any atom is 0.303 e. The topological polar surface area (TPSA) is 79.3 Å². The van der Waals surface area contributed by atoms with E-state index in [9.17, 15) is 9.59 Å².